The molecule has 0 aromatic rings. The van der Waals surface area contributed by atoms with Crippen molar-refractivity contribution in [3.05, 3.63) is 20.8 Å². The fourth-order valence-electron chi connectivity index (χ4n) is 0. The summed E-state index contributed by atoms with van der Waals surface area (Å²) in [6.07, 6.45) is 0. The summed E-state index contributed by atoms with van der Waals surface area (Å²) < 4.78 is 0. The van der Waals surface area contributed by atoms with Gasteiger partial charge in [-0.3, -0.25) is 0 Å². The molecular formula is C6H15U. The summed E-state index contributed by atoms with van der Waals surface area (Å²) >= 11 is 0. The summed E-state index contributed by atoms with van der Waals surface area (Å²) in [7, 11) is 0. The molecule has 7 heavy (non-hydrogen) atoms. The third-order valence-corrected chi connectivity index (χ3v) is 0. The Labute approximate surface area is 72.5 Å². The third kappa shape index (κ3) is 163. The van der Waals surface area contributed by atoms with Crippen LogP contribution in [0.15, 0.2) is 0 Å². The van der Waals surface area contributed by atoms with Crippen molar-refractivity contribution >= 4 is 0 Å². The molecule has 0 rings (SSSR count). The van der Waals surface area contributed by atoms with Crippen LogP contribution in [-0.4, -0.2) is 0 Å². The molecule has 0 aliphatic heterocycles. The molecule has 0 bridgehead atoms. The first-order valence-corrected chi connectivity index (χ1v) is 2.12. The SMILES string of the molecule is [CH2-]C.[CH2-]C.[CH2-]C.[U+3]. The summed E-state index contributed by atoms with van der Waals surface area (Å²) in [5.41, 5.74) is 0. The van der Waals surface area contributed by atoms with Gasteiger partial charge in [0.2, 0.25) is 0 Å². The Bertz CT molecular complexity index is 4.14. The van der Waals surface area contributed by atoms with E-state index in [9.17, 15) is 0 Å². The van der Waals surface area contributed by atoms with Gasteiger partial charge in [0.1, 0.15) is 0 Å². The fraction of sp³-hybridized carbons (Fsp3) is 0.500. The predicted octanol–water partition coefficient (Wildman–Crippen LogP) is 2.52. The van der Waals surface area contributed by atoms with E-state index < -0.39 is 0 Å². The Balaban J connectivity index is -0.00000000900. The van der Waals surface area contributed by atoms with Gasteiger partial charge in [-0.25, -0.2) is 0 Å². The van der Waals surface area contributed by atoms with Crippen LogP contribution < -0.4 is 0 Å². The summed E-state index contributed by atoms with van der Waals surface area (Å²) in [4.78, 5) is 0. The van der Waals surface area contributed by atoms with E-state index in [1.54, 1.807) is 20.8 Å². The van der Waals surface area contributed by atoms with Crippen molar-refractivity contribution in [2.45, 2.75) is 20.8 Å². The maximum absolute atomic E-state index is 3.25. The molecule has 0 amide bonds. The van der Waals surface area contributed by atoms with Gasteiger partial charge in [0, 0.05) is 0 Å². The molecule has 1 heteroatoms. The smallest absolute Gasteiger partial charge is 0.346 e. The van der Waals surface area contributed by atoms with Crippen LogP contribution >= 0.6 is 0 Å². The molecule has 0 aromatic carbocycles. The van der Waals surface area contributed by atoms with Crippen LogP contribution in [0.3, 0.4) is 0 Å². The first-order chi connectivity index (χ1) is 3.00. The molecule has 0 saturated carbocycles. The van der Waals surface area contributed by atoms with Crippen molar-refractivity contribution in [3.63, 3.8) is 0 Å². The minimum atomic E-state index is 0. The molecule has 0 spiro atoms. The average molecular weight is 325 g/mol. The molecule has 0 aliphatic carbocycles. The molecule has 0 unspecified atom stereocenters. The molecular weight excluding hydrogens is 310 g/mol. The molecule has 0 saturated heterocycles. The zero-order valence-corrected chi connectivity index (χ0v) is 9.79. The Kier molecular flexibility index (Phi) is 813. The quantitative estimate of drug-likeness (QED) is 0.601. The molecule has 0 fully saturated rings. The summed E-state index contributed by atoms with van der Waals surface area (Å²) in [6.45, 7) is 15.0. The molecule has 0 N–H and O–H groups in total. The maximum Gasteiger partial charge on any atom is 3.00 e. The van der Waals surface area contributed by atoms with Crippen LogP contribution in [0.2, 0.25) is 0 Å². The van der Waals surface area contributed by atoms with Gasteiger partial charge in [-0.2, -0.15) is 20.8 Å². The minimum Gasteiger partial charge on any atom is -0.346 e. The maximum atomic E-state index is 3.25. The van der Waals surface area contributed by atoms with Gasteiger partial charge in [0.15, 0.2) is 0 Å². The van der Waals surface area contributed by atoms with Crippen molar-refractivity contribution in [2.75, 3.05) is 0 Å². The van der Waals surface area contributed by atoms with Crippen molar-refractivity contribution in [1.82, 2.24) is 0 Å². The van der Waals surface area contributed by atoms with E-state index in [0.717, 1.165) is 0 Å². The first-order valence-electron chi connectivity index (χ1n) is 2.12. The van der Waals surface area contributed by atoms with Crippen LogP contribution in [0, 0.1) is 51.9 Å². The summed E-state index contributed by atoms with van der Waals surface area (Å²) in [5, 5.41) is 0. The van der Waals surface area contributed by atoms with Gasteiger partial charge < -0.3 is 20.8 Å². The van der Waals surface area contributed by atoms with E-state index in [4.69, 9.17) is 0 Å². The second-order valence-corrected chi connectivity index (χ2v) is 0. The van der Waals surface area contributed by atoms with Crippen molar-refractivity contribution in [2.24, 2.45) is 0 Å². The largest absolute Gasteiger partial charge is 3.00 e. The Morgan fingerprint density at radius 2 is 0.571 bits per heavy atom. The van der Waals surface area contributed by atoms with Crippen LogP contribution in [0.5, 0.6) is 0 Å². The average Bonchev–Trinajstić information content (AvgIpc) is 1.81. The van der Waals surface area contributed by atoms with Crippen molar-refractivity contribution < 1.29 is 31.1 Å². The number of hydrogen-bond donors (Lipinski definition) is 0. The van der Waals surface area contributed by atoms with E-state index in [1.165, 1.54) is 0 Å². The first kappa shape index (κ1) is 24.4. The van der Waals surface area contributed by atoms with E-state index in [0.29, 0.717) is 0 Å². The monoisotopic (exact) mass is 325 g/mol. The second kappa shape index (κ2) is 233. The van der Waals surface area contributed by atoms with Gasteiger partial charge in [0.05, 0.1) is 0 Å². The van der Waals surface area contributed by atoms with E-state index >= 15 is 0 Å². The van der Waals surface area contributed by atoms with E-state index in [1.807, 2.05) is 0 Å². The van der Waals surface area contributed by atoms with Gasteiger partial charge in [-0.1, -0.05) is 0 Å². The Morgan fingerprint density at radius 1 is 0.571 bits per heavy atom. The topological polar surface area (TPSA) is 0 Å². The van der Waals surface area contributed by atoms with Gasteiger partial charge in [-0.15, -0.1) is 0 Å². The van der Waals surface area contributed by atoms with E-state index in [2.05, 4.69) is 20.8 Å². The standard InChI is InChI=1S/3C2H5.U/c3*1-2;/h3*1H2,2H3;/q3*-1;+3. The Hall–Kier alpha value is 1.05. The Morgan fingerprint density at radius 3 is 0.571 bits per heavy atom. The summed E-state index contributed by atoms with van der Waals surface area (Å²) in [5.74, 6) is 0. The molecule has 0 heterocycles. The minimum absolute atomic E-state index is 0. The molecule has 0 nitrogen and oxygen atoms in total. The van der Waals surface area contributed by atoms with Gasteiger partial charge in [0.25, 0.3) is 0 Å². The van der Waals surface area contributed by atoms with Crippen LogP contribution in [0.4, 0.5) is 0 Å². The third-order valence-electron chi connectivity index (χ3n) is 0. The molecule has 43 valence electrons. The predicted molar refractivity (Wildman–Crippen MR) is 33.1 cm³/mol. The molecule has 0 aromatic heterocycles. The van der Waals surface area contributed by atoms with Gasteiger partial charge >= 0.3 is 31.1 Å². The molecule has 0 aliphatic rings. The molecule has 0 atom stereocenters. The number of rotatable bonds is 0. The van der Waals surface area contributed by atoms with E-state index in [-0.39, 0.29) is 31.1 Å². The van der Waals surface area contributed by atoms with Crippen LogP contribution in [0.25, 0.3) is 0 Å². The zero-order chi connectivity index (χ0) is 6.00. The fourth-order valence-corrected chi connectivity index (χ4v) is 0. The normalized spacial score (nSPS) is 2.57. The van der Waals surface area contributed by atoms with Gasteiger partial charge in [-0.05, 0) is 0 Å². The van der Waals surface area contributed by atoms with Crippen LogP contribution in [0.1, 0.15) is 20.8 Å². The van der Waals surface area contributed by atoms with Crippen molar-refractivity contribution in [1.29, 1.82) is 0 Å². The molecule has 1 radical (unpaired) electrons. The second-order valence-electron chi connectivity index (χ2n) is 0. The zero-order valence-electron chi connectivity index (χ0n) is 5.62. The van der Waals surface area contributed by atoms with Crippen LogP contribution in [-0.2, 0) is 0 Å². The number of hydrogen-bond acceptors (Lipinski definition) is 0. The summed E-state index contributed by atoms with van der Waals surface area (Å²) in [6, 6.07) is 0. The van der Waals surface area contributed by atoms with Crippen molar-refractivity contribution in [3.8, 4) is 0 Å².